The minimum absolute atomic E-state index is 0.343. The van der Waals surface area contributed by atoms with Crippen LogP contribution in [-0.2, 0) is 4.79 Å². The Hall–Kier alpha value is -1.73. The van der Waals surface area contributed by atoms with Crippen LogP contribution in [0, 0.1) is 0 Å². The van der Waals surface area contributed by atoms with E-state index in [0.717, 1.165) is 64.2 Å². The highest BCUT2D eigenvalue weighted by molar-refractivity contribution is 5.80. The van der Waals surface area contributed by atoms with E-state index in [9.17, 15) is 25.2 Å². The van der Waals surface area contributed by atoms with Crippen LogP contribution in [0.4, 0.5) is 0 Å². The van der Waals surface area contributed by atoms with E-state index in [1.807, 2.05) is 0 Å². The number of nitrogens with one attached hydrogen (secondary N) is 1. The van der Waals surface area contributed by atoms with Crippen LogP contribution in [0.2, 0.25) is 0 Å². The highest BCUT2D eigenvalue weighted by Gasteiger charge is 2.28. The summed E-state index contributed by atoms with van der Waals surface area (Å²) in [6.45, 7) is 4.05. The maximum Gasteiger partial charge on any atom is 0.249 e. The van der Waals surface area contributed by atoms with Gasteiger partial charge in [-0.1, -0.05) is 236 Å². The zero-order valence-corrected chi connectivity index (χ0v) is 41.8. The summed E-state index contributed by atoms with van der Waals surface area (Å²) in [7, 11) is 0. The third kappa shape index (κ3) is 45.2. The minimum atomic E-state index is -1.30. The molecule has 0 aromatic carbocycles. The smallest absolute Gasteiger partial charge is 0.249 e. The van der Waals surface area contributed by atoms with Gasteiger partial charge in [0.1, 0.15) is 12.2 Å². The lowest BCUT2D eigenvalue weighted by atomic mass is 10.00. The normalized spacial score (nSPS) is 14.2. The molecule has 0 aromatic heterocycles. The van der Waals surface area contributed by atoms with E-state index in [1.54, 1.807) is 0 Å². The van der Waals surface area contributed by atoms with E-state index in [4.69, 9.17) is 0 Å². The van der Waals surface area contributed by atoms with E-state index >= 15 is 0 Å². The van der Waals surface area contributed by atoms with E-state index in [0.29, 0.717) is 19.3 Å². The fourth-order valence-corrected chi connectivity index (χ4v) is 8.37. The van der Waals surface area contributed by atoms with Crippen molar-refractivity contribution in [1.29, 1.82) is 0 Å². The molecule has 0 aliphatic heterocycles. The third-order valence-electron chi connectivity index (χ3n) is 12.7. The average Bonchev–Trinajstić information content (AvgIpc) is 3.29. The van der Waals surface area contributed by atoms with E-state index in [-0.39, 0.29) is 0 Å². The number of rotatable bonds is 50. The lowest BCUT2D eigenvalue weighted by molar-refractivity contribution is -0.132. The van der Waals surface area contributed by atoms with E-state index in [1.165, 1.54) is 180 Å². The van der Waals surface area contributed by atoms with Gasteiger partial charge >= 0.3 is 0 Å². The fraction of sp³-hybridized carbons (Fsp3) is 0.842. The molecule has 0 aliphatic carbocycles. The summed E-state index contributed by atoms with van der Waals surface area (Å²) in [4.78, 5) is 12.6. The van der Waals surface area contributed by atoms with Crippen molar-refractivity contribution in [3.05, 3.63) is 48.6 Å². The molecule has 0 radical (unpaired) electrons. The van der Waals surface area contributed by atoms with Crippen LogP contribution in [0.15, 0.2) is 48.6 Å². The van der Waals surface area contributed by atoms with Gasteiger partial charge in [0.05, 0.1) is 18.8 Å². The zero-order chi connectivity index (χ0) is 45.9. The number of amides is 1. The summed E-state index contributed by atoms with van der Waals surface area (Å²) in [5.41, 5.74) is 0. The Morgan fingerprint density at radius 2 is 0.667 bits per heavy atom. The second-order valence-corrected chi connectivity index (χ2v) is 18.9. The molecule has 370 valence electrons. The average molecular weight is 886 g/mol. The van der Waals surface area contributed by atoms with Crippen LogP contribution in [0.1, 0.15) is 277 Å². The highest BCUT2D eigenvalue weighted by atomic mass is 16.3. The molecule has 0 spiro atoms. The molecule has 0 fully saturated rings. The van der Waals surface area contributed by atoms with Crippen LogP contribution in [0.5, 0.6) is 0 Å². The van der Waals surface area contributed by atoms with Crippen LogP contribution < -0.4 is 5.32 Å². The van der Waals surface area contributed by atoms with Crippen molar-refractivity contribution < 1.29 is 25.2 Å². The molecular weight excluding hydrogens is 779 g/mol. The number of unbranched alkanes of at least 4 members (excludes halogenated alkanes) is 33. The van der Waals surface area contributed by atoms with Crippen molar-refractivity contribution in [2.24, 2.45) is 0 Å². The zero-order valence-electron chi connectivity index (χ0n) is 41.8. The Bertz CT molecular complexity index is 1040. The number of aliphatic hydroxyl groups excluding tert-OH is 4. The molecule has 5 N–H and O–H groups in total. The monoisotopic (exact) mass is 886 g/mol. The largest absolute Gasteiger partial charge is 0.394 e. The molecule has 4 atom stereocenters. The van der Waals surface area contributed by atoms with Crippen LogP contribution in [0.25, 0.3) is 0 Å². The summed E-state index contributed by atoms with van der Waals surface area (Å²) >= 11 is 0. The Labute approximate surface area is 391 Å². The summed E-state index contributed by atoms with van der Waals surface area (Å²) in [5.74, 6) is -0.607. The molecule has 0 heterocycles. The molecule has 63 heavy (non-hydrogen) atoms. The van der Waals surface area contributed by atoms with Gasteiger partial charge in [0, 0.05) is 0 Å². The minimum Gasteiger partial charge on any atom is -0.394 e. The highest BCUT2D eigenvalue weighted by Crippen LogP contribution is 2.16. The summed E-state index contributed by atoms with van der Waals surface area (Å²) in [5, 5.41) is 43.8. The second-order valence-electron chi connectivity index (χ2n) is 18.9. The molecule has 0 aromatic rings. The Morgan fingerprint density at radius 1 is 0.381 bits per heavy atom. The molecule has 0 saturated carbocycles. The molecule has 1 amide bonds. The fourth-order valence-electron chi connectivity index (χ4n) is 8.37. The van der Waals surface area contributed by atoms with Crippen molar-refractivity contribution in [2.45, 2.75) is 301 Å². The van der Waals surface area contributed by atoms with Crippen LogP contribution in [-0.4, -0.2) is 57.3 Å². The molecule has 0 saturated heterocycles. The van der Waals surface area contributed by atoms with Crippen molar-refractivity contribution in [3.8, 4) is 0 Å². The predicted molar refractivity (Wildman–Crippen MR) is 274 cm³/mol. The van der Waals surface area contributed by atoms with Gasteiger partial charge in [-0.2, -0.15) is 0 Å². The first-order valence-corrected chi connectivity index (χ1v) is 27.5. The van der Waals surface area contributed by atoms with Crippen LogP contribution in [0.3, 0.4) is 0 Å². The summed E-state index contributed by atoms with van der Waals surface area (Å²) in [6.07, 6.45) is 64.7. The maximum absolute atomic E-state index is 12.6. The number of hydrogen-bond donors (Lipinski definition) is 5. The Balaban J connectivity index is 3.72. The third-order valence-corrected chi connectivity index (χ3v) is 12.7. The number of allylic oxidation sites excluding steroid dienone is 8. The first-order valence-electron chi connectivity index (χ1n) is 27.5. The van der Waals surface area contributed by atoms with Crippen molar-refractivity contribution in [2.75, 3.05) is 6.61 Å². The lowest BCUT2D eigenvalue weighted by Crippen LogP contribution is -2.53. The van der Waals surface area contributed by atoms with Gasteiger partial charge in [-0.15, -0.1) is 0 Å². The van der Waals surface area contributed by atoms with E-state index < -0.39 is 36.9 Å². The molecule has 0 aliphatic rings. The SMILES string of the molecule is CCCCCCCCCCC/C=C\CCCCCCC(O)C(=O)NC(CO)C(O)C(O)CCC/C=C/CC/C=C/CC/C=C/CCCCCCCCCCCCCCCCCCC. The number of carbonyl (C=O) groups is 1. The summed E-state index contributed by atoms with van der Waals surface area (Å²) in [6, 6.07) is -1.02. The maximum atomic E-state index is 12.6. The molecular formula is C57H107NO5. The second kappa shape index (κ2) is 51.3. The van der Waals surface area contributed by atoms with Crippen molar-refractivity contribution >= 4 is 5.91 Å². The van der Waals surface area contributed by atoms with Gasteiger partial charge in [-0.3, -0.25) is 4.79 Å². The van der Waals surface area contributed by atoms with Gasteiger partial charge < -0.3 is 25.7 Å². The van der Waals surface area contributed by atoms with Crippen molar-refractivity contribution in [1.82, 2.24) is 5.32 Å². The summed E-state index contributed by atoms with van der Waals surface area (Å²) < 4.78 is 0. The number of hydrogen-bond acceptors (Lipinski definition) is 5. The quantitative estimate of drug-likeness (QED) is 0.0309. The Kier molecular flexibility index (Phi) is 49.8. The van der Waals surface area contributed by atoms with Gasteiger partial charge in [-0.05, 0) is 89.9 Å². The van der Waals surface area contributed by atoms with Crippen molar-refractivity contribution in [3.63, 3.8) is 0 Å². The van der Waals surface area contributed by atoms with Gasteiger partial charge in [0.15, 0.2) is 0 Å². The number of carbonyl (C=O) groups excluding carboxylic acids is 1. The first kappa shape index (κ1) is 61.3. The molecule has 0 rings (SSSR count). The molecule has 6 heteroatoms. The molecule has 4 unspecified atom stereocenters. The molecule has 6 nitrogen and oxygen atoms in total. The predicted octanol–water partition coefficient (Wildman–Crippen LogP) is 15.8. The van der Waals surface area contributed by atoms with Gasteiger partial charge in [0.2, 0.25) is 5.91 Å². The standard InChI is InChI=1S/C57H107NO5/c1-3-5-7-9-11-13-15-17-19-21-22-23-24-25-26-27-28-29-30-31-32-33-35-36-38-40-42-44-46-48-50-54(60)56(62)53(52-59)58-57(63)55(61)51-49-47-45-43-41-39-37-34-20-18-16-14-12-10-8-6-4-2/h30-31,35-37,39,42,44,53-56,59-62H,3-29,32-34,38,40-41,43,45-52H2,1-2H3,(H,58,63)/b31-30+,36-35+,39-37-,44-42+. The van der Waals surface area contributed by atoms with Crippen LogP contribution >= 0.6 is 0 Å². The lowest BCUT2D eigenvalue weighted by Gasteiger charge is -2.27. The number of aliphatic hydroxyl groups is 4. The Morgan fingerprint density at radius 3 is 1.00 bits per heavy atom. The topological polar surface area (TPSA) is 110 Å². The molecule has 0 bridgehead atoms. The van der Waals surface area contributed by atoms with Gasteiger partial charge in [0.25, 0.3) is 0 Å². The van der Waals surface area contributed by atoms with Gasteiger partial charge in [-0.25, -0.2) is 0 Å². The first-order chi connectivity index (χ1) is 31.0. The van der Waals surface area contributed by atoms with E-state index in [2.05, 4.69) is 67.8 Å².